The highest BCUT2D eigenvalue weighted by Gasteiger charge is 2.51. The van der Waals surface area contributed by atoms with E-state index in [9.17, 15) is 14.4 Å². The predicted molar refractivity (Wildman–Crippen MR) is 100 cm³/mol. The van der Waals surface area contributed by atoms with Crippen molar-refractivity contribution in [1.29, 1.82) is 0 Å². The van der Waals surface area contributed by atoms with E-state index in [1.165, 1.54) is 22.6 Å². The Labute approximate surface area is 157 Å². The summed E-state index contributed by atoms with van der Waals surface area (Å²) >= 11 is 0. The van der Waals surface area contributed by atoms with Crippen LogP contribution in [0.4, 0.5) is 4.79 Å². The second kappa shape index (κ2) is 8.53. The first kappa shape index (κ1) is 19.4. The van der Waals surface area contributed by atoms with Gasteiger partial charge < -0.3 is 0 Å². The van der Waals surface area contributed by atoms with E-state index in [1.54, 1.807) is 0 Å². The fraction of sp³-hybridized carbons (Fsp3) is 0.857. The van der Waals surface area contributed by atoms with E-state index in [-0.39, 0.29) is 35.8 Å². The summed E-state index contributed by atoms with van der Waals surface area (Å²) in [6, 6.07) is -0.350. The fourth-order valence-electron chi connectivity index (χ4n) is 5.17. The summed E-state index contributed by atoms with van der Waals surface area (Å²) in [4.78, 5) is 42.8. The first-order valence-corrected chi connectivity index (χ1v) is 10.8. The molecule has 146 valence electrons. The molecule has 1 saturated heterocycles. The summed E-state index contributed by atoms with van der Waals surface area (Å²) in [7, 11) is 0. The van der Waals surface area contributed by atoms with E-state index in [4.69, 9.17) is 0 Å². The minimum Gasteiger partial charge on any atom is -0.273 e. The van der Waals surface area contributed by atoms with Crippen molar-refractivity contribution in [2.45, 2.75) is 103 Å². The van der Waals surface area contributed by atoms with Crippen molar-refractivity contribution in [3.63, 3.8) is 0 Å². The van der Waals surface area contributed by atoms with Gasteiger partial charge >= 0.3 is 6.03 Å². The number of imide groups is 2. The highest BCUT2D eigenvalue weighted by Crippen LogP contribution is 2.35. The Morgan fingerprint density at radius 3 is 1.62 bits per heavy atom. The number of rotatable bonds is 5. The normalized spacial score (nSPS) is 25.8. The van der Waals surface area contributed by atoms with E-state index in [0.717, 1.165) is 64.2 Å². The predicted octanol–water partition coefficient (Wildman–Crippen LogP) is 4.50. The van der Waals surface area contributed by atoms with E-state index >= 15 is 0 Å². The molecule has 1 atom stereocenters. The molecule has 4 amide bonds. The number of hydrogen-bond acceptors (Lipinski definition) is 3. The molecule has 1 aliphatic heterocycles. The van der Waals surface area contributed by atoms with Crippen molar-refractivity contribution < 1.29 is 14.4 Å². The van der Waals surface area contributed by atoms with Gasteiger partial charge in [0.2, 0.25) is 11.8 Å². The molecule has 3 aliphatic rings. The molecule has 5 nitrogen and oxygen atoms in total. The molecule has 0 radical (unpaired) electrons. The smallest absolute Gasteiger partial charge is 0.273 e. The summed E-state index contributed by atoms with van der Waals surface area (Å²) in [6.07, 6.45) is 11.9. The number of nitrogens with zero attached hydrogens (tertiary/aromatic N) is 2. The van der Waals surface area contributed by atoms with Gasteiger partial charge in [-0.25, -0.2) is 4.79 Å². The standard InChI is InChI=1S/C21H34N2O3/c1-3-10-15(2)18-19(24)22(16-11-6-4-7-12-16)21(26)23(20(18)25)17-13-8-5-9-14-17/h15-18H,3-14H2,1-2H3. The molecule has 0 aromatic heterocycles. The molecule has 26 heavy (non-hydrogen) atoms. The van der Waals surface area contributed by atoms with Crippen molar-refractivity contribution in [1.82, 2.24) is 9.80 Å². The van der Waals surface area contributed by atoms with Crippen molar-refractivity contribution in [2.75, 3.05) is 0 Å². The topological polar surface area (TPSA) is 57.7 Å². The lowest BCUT2D eigenvalue weighted by atomic mass is 9.83. The van der Waals surface area contributed by atoms with Crippen molar-refractivity contribution in [3.8, 4) is 0 Å². The maximum absolute atomic E-state index is 13.3. The van der Waals surface area contributed by atoms with Gasteiger partial charge in [0.25, 0.3) is 0 Å². The van der Waals surface area contributed by atoms with E-state index < -0.39 is 5.92 Å². The third kappa shape index (κ3) is 3.67. The number of barbiturate groups is 1. The van der Waals surface area contributed by atoms with Gasteiger partial charge in [0.15, 0.2) is 0 Å². The van der Waals surface area contributed by atoms with Crippen LogP contribution in [0.3, 0.4) is 0 Å². The molecule has 3 rings (SSSR count). The number of amides is 4. The monoisotopic (exact) mass is 362 g/mol. The zero-order valence-electron chi connectivity index (χ0n) is 16.4. The SMILES string of the molecule is CCCC(C)C1C(=O)N(C2CCCCC2)C(=O)N(C2CCCCC2)C1=O. The van der Waals surface area contributed by atoms with Crippen LogP contribution in [0.25, 0.3) is 0 Å². The Bertz CT molecular complexity index is 495. The highest BCUT2D eigenvalue weighted by molar-refractivity contribution is 6.16. The van der Waals surface area contributed by atoms with Crippen LogP contribution in [0.2, 0.25) is 0 Å². The molecule has 1 heterocycles. The Hall–Kier alpha value is -1.39. The minimum absolute atomic E-state index is 0.00900. The molecule has 0 N–H and O–H groups in total. The highest BCUT2D eigenvalue weighted by atomic mass is 16.2. The molecule has 1 unspecified atom stereocenters. The zero-order valence-corrected chi connectivity index (χ0v) is 16.4. The summed E-state index contributed by atoms with van der Waals surface area (Å²) in [6.45, 7) is 4.08. The van der Waals surface area contributed by atoms with Gasteiger partial charge in [-0.05, 0) is 38.0 Å². The van der Waals surface area contributed by atoms with Crippen LogP contribution < -0.4 is 0 Å². The van der Waals surface area contributed by atoms with Gasteiger partial charge in [-0.15, -0.1) is 0 Å². The molecular formula is C21H34N2O3. The van der Waals surface area contributed by atoms with E-state index in [0.29, 0.717) is 0 Å². The summed E-state index contributed by atoms with van der Waals surface area (Å²) in [5.74, 6) is -1.12. The van der Waals surface area contributed by atoms with Crippen LogP contribution in [0, 0.1) is 11.8 Å². The third-order valence-corrected chi connectivity index (χ3v) is 6.61. The molecule has 3 fully saturated rings. The first-order valence-electron chi connectivity index (χ1n) is 10.8. The molecule has 0 aromatic rings. The molecule has 2 aliphatic carbocycles. The minimum atomic E-state index is -0.670. The van der Waals surface area contributed by atoms with Gasteiger partial charge in [-0.3, -0.25) is 19.4 Å². The van der Waals surface area contributed by atoms with Crippen LogP contribution in [-0.2, 0) is 9.59 Å². The Kier molecular flexibility index (Phi) is 6.36. The molecular weight excluding hydrogens is 328 g/mol. The van der Waals surface area contributed by atoms with Crippen LogP contribution in [0.5, 0.6) is 0 Å². The summed E-state index contributed by atoms with van der Waals surface area (Å²) in [5, 5.41) is 0. The summed E-state index contributed by atoms with van der Waals surface area (Å²) in [5.41, 5.74) is 0. The van der Waals surface area contributed by atoms with Crippen molar-refractivity contribution in [2.24, 2.45) is 11.8 Å². The zero-order chi connectivity index (χ0) is 18.7. The number of urea groups is 1. The van der Waals surface area contributed by atoms with E-state index in [1.807, 2.05) is 6.92 Å². The quantitative estimate of drug-likeness (QED) is 0.677. The number of carbonyl (C=O) groups is 3. The fourth-order valence-corrected chi connectivity index (χ4v) is 5.17. The Balaban J connectivity index is 1.91. The van der Waals surface area contributed by atoms with Crippen LogP contribution in [0.1, 0.15) is 90.9 Å². The maximum atomic E-state index is 13.3. The average molecular weight is 363 g/mol. The Morgan fingerprint density at radius 1 is 0.808 bits per heavy atom. The number of hydrogen-bond donors (Lipinski definition) is 0. The maximum Gasteiger partial charge on any atom is 0.333 e. The molecule has 0 aromatic carbocycles. The largest absolute Gasteiger partial charge is 0.333 e. The average Bonchev–Trinajstić information content (AvgIpc) is 2.63. The van der Waals surface area contributed by atoms with E-state index in [2.05, 4.69) is 6.92 Å². The number of carbonyl (C=O) groups excluding carboxylic acids is 3. The molecule has 0 spiro atoms. The second-order valence-corrected chi connectivity index (χ2v) is 8.53. The molecule has 2 saturated carbocycles. The van der Waals surface area contributed by atoms with Gasteiger partial charge in [0, 0.05) is 12.1 Å². The lowest BCUT2D eigenvalue weighted by Gasteiger charge is -2.46. The van der Waals surface area contributed by atoms with Crippen LogP contribution in [-0.4, -0.2) is 39.7 Å². The van der Waals surface area contributed by atoms with Crippen molar-refractivity contribution in [3.05, 3.63) is 0 Å². The van der Waals surface area contributed by atoms with Gasteiger partial charge in [-0.2, -0.15) is 0 Å². The summed E-state index contributed by atoms with van der Waals surface area (Å²) < 4.78 is 0. The lowest BCUT2D eigenvalue weighted by molar-refractivity contribution is -0.155. The Morgan fingerprint density at radius 2 is 1.23 bits per heavy atom. The van der Waals surface area contributed by atoms with Gasteiger partial charge in [0.1, 0.15) is 5.92 Å². The lowest BCUT2D eigenvalue weighted by Crippen LogP contribution is -2.66. The molecule has 5 heteroatoms. The van der Waals surface area contributed by atoms with Gasteiger partial charge in [0.05, 0.1) is 0 Å². The van der Waals surface area contributed by atoms with Crippen LogP contribution in [0.15, 0.2) is 0 Å². The molecule has 0 bridgehead atoms. The van der Waals surface area contributed by atoms with Crippen LogP contribution >= 0.6 is 0 Å². The first-order chi connectivity index (χ1) is 12.6. The van der Waals surface area contributed by atoms with Crippen molar-refractivity contribution >= 4 is 17.8 Å². The van der Waals surface area contributed by atoms with Gasteiger partial charge in [-0.1, -0.05) is 58.8 Å². The second-order valence-electron chi connectivity index (χ2n) is 8.53. The third-order valence-electron chi connectivity index (χ3n) is 6.61.